The van der Waals surface area contributed by atoms with Gasteiger partial charge in [-0.15, -0.1) is 0 Å². The zero-order valence-electron chi connectivity index (χ0n) is 12.4. The van der Waals surface area contributed by atoms with Crippen molar-refractivity contribution >= 4 is 38.3 Å². The van der Waals surface area contributed by atoms with Crippen molar-refractivity contribution in [3.8, 4) is 11.1 Å². The molecular formula is C18H13FINO2S. The molecule has 0 radical (unpaired) electrons. The van der Waals surface area contributed by atoms with Crippen LogP contribution in [0.4, 0.5) is 10.1 Å². The molecule has 122 valence electrons. The summed E-state index contributed by atoms with van der Waals surface area (Å²) in [5.74, 6) is -0.605. The average Bonchev–Trinajstić information content (AvgIpc) is 2.58. The third-order valence-electron chi connectivity index (χ3n) is 3.45. The van der Waals surface area contributed by atoms with E-state index in [9.17, 15) is 12.8 Å². The second-order valence-electron chi connectivity index (χ2n) is 5.12. The summed E-state index contributed by atoms with van der Waals surface area (Å²) in [7, 11) is -3.84. The van der Waals surface area contributed by atoms with Gasteiger partial charge in [0.2, 0.25) is 0 Å². The highest BCUT2D eigenvalue weighted by Gasteiger charge is 2.16. The monoisotopic (exact) mass is 453 g/mol. The maximum Gasteiger partial charge on any atom is 0.261 e. The van der Waals surface area contributed by atoms with Gasteiger partial charge >= 0.3 is 0 Å². The van der Waals surface area contributed by atoms with Crippen LogP contribution in [0, 0.1) is 9.39 Å². The molecule has 1 N–H and O–H groups in total. The molecule has 0 fully saturated rings. The maximum absolute atomic E-state index is 13.9. The van der Waals surface area contributed by atoms with Crippen molar-refractivity contribution in [1.82, 2.24) is 0 Å². The lowest BCUT2D eigenvalue weighted by molar-refractivity contribution is 0.598. The van der Waals surface area contributed by atoms with Gasteiger partial charge in [-0.3, -0.25) is 4.72 Å². The number of hydrogen-bond donors (Lipinski definition) is 1. The second-order valence-corrected chi connectivity index (χ2v) is 8.05. The Balaban J connectivity index is 1.87. The van der Waals surface area contributed by atoms with Crippen LogP contribution in [0.1, 0.15) is 0 Å². The maximum atomic E-state index is 13.9. The first-order valence-electron chi connectivity index (χ1n) is 7.09. The van der Waals surface area contributed by atoms with Gasteiger partial charge in [0, 0.05) is 3.57 Å². The largest absolute Gasteiger partial charge is 0.277 e. The van der Waals surface area contributed by atoms with Crippen LogP contribution in [0.25, 0.3) is 11.1 Å². The van der Waals surface area contributed by atoms with Crippen LogP contribution in [-0.4, -0.2) is 8.42 Å². The van der Waals surface area contributed by atoms with Crippen molar-refractivity contribution < 1.29 is 12.8 Å². The quantitative estimate of drug-likeness (QED) is 0.572. The molecule has 0 saturated heterocycles. The summed E-state index contributed by atoms with van der Waals surface area (Å²) in [6.45, 7) is 0. The standard InChI is InChI=1S/C18H13FINO2S/c19-17-12-15(20)8-11-18(17)21-24(22,23)16-9-6-14(7-10-16)13-4-2-1-3-5-13/h1-12,21H. The van der Waals surface area contributed by atoms with Crippen molar-refractivity contribution in [3.63, 3.8) is 0 Å². The highest BCUT2D eigenvalue weighted by molar-refractivity contribution is 14.1. The molecule has 0 aromatic heterocycles. The molecule has 0 aliphatic carbocycles. The molecule has 3 nitrogen and oxygen atoms in total. The Hall–Kier alpha value is -1.93. The number of benzene rings is 3. The lowest BCUT2D eigenvalue weighted by Gasteiger charge is -2.10. The van der Waals surface area contributed by atoms with Crippen LogP contribution in [0.3, 0.4) is 0 Å². The van der Waals surface area contributed by atoms with Crippen molar-refractivity contribution in [1.29, 1.82) is 0 Å². The summed E-state index contributed by atoms with van der Waals surface area (Å²) in [6.07, 6.45) is 0. The minimum atomic E-state index is -3.84. The highest BCUT2D eigenvalue weighted by atomic mass is 127. The van der Waals surface area contributed by atoms with E-state index in [1.165, 1.54) is 24.3 Å². The van der Waals surface area contributed by atoms with Crippen LogP contribution in [0.5, 0.6) is 0 Å². The summed E-state index contributed by atoms with van der Waals surface area (Å²) < 4.78 is 41.6. The zero-order chi connectivity index (χ0) is 17.2. The van der Waals surface area contributed by atoms with Gasteiger partial charge < -0.3 is 0 Å². The third-order valence-corrected chi connectivity index (χ3v) is 5.50. The van der Waals surface area contributed by atoms with E-state index >= 15 is 0 Å². The van der Waals surface area contributed by atoms with Crippen molar-refractivity contribution in [2.75, 3.05) is 4.72 Å². The topological polar surface area (TPSA) is 46.2 Å². The lowest BCUT2D eigenvalue weighted by atomic mass is 10.1. The normalized spacial score (nSPS) is 11.2. The van der Waals surface area contributed by atoms with Crippen LogP contribution in [0.2, 0.25) is 0 Å². The van der Waals surface area contributed by atoms with Gasteiger partial charge in [0.25, 0.3) is 10.0 Å². The van der Waals surface area contributed by atoms with Crippen LogP contribution in [-0.2, 0) is 10.0 Å². The second kappa shape index (κ2) is 6.90. The van der Waals surface area contributed by atoms with Crippen molar-refractivity contribution in [2.24, 2.45) is 0 Å². The molecule has 3 aromatic carbocycles. The summed E-state index contributed by atoms with van der Waals surface area (Å²) in [5.41, 5.74) is 1.84. The third kappa shape index (κ3) is 3.76. The zero-order valence-corrected chi connectivity index (χ0v) is 15.4. The number of nitrogens with one attached hydrogen (secondary N) is 1. The van der Waals surface area contributed by atoms with Crippen LogP contribution < -0.4 is 4.72 Å². The fraction of sp³-hybridized carbons (Fsp3) is 0. The molecule has 0 heterocycles. The Labute approximate surface area is 153 Å². The Bertz CT molecular complexity index is 958. The molecule has 0 bridgehead atoms. The van der Waals surface area contributed by atoms with E-state index in [4.69, 9.17) is 0 Å². The first kappa shape index (κ1) is 16.9. The summed E-state index contributed by atoms with van der Waals surface area (Å²) in [6, 6.07) is 20.5. The van der Waals surface area contributed by atoms with Crippen molar-refractivity contribution in [3.05, 3.63) is 82.2 Å². The molecule has 0 unspecified atom stereocenters. The fourth-order valence-electron chi connectivity index (χ4n) is 2.23. The Morgan fingerprint density at radius 1 is 0.833 bits per heavy atom. The summed E-state index contributed by atoms with van der Waals surface area (Å²) in [4.78, 5) is 0.0835. The molecule has 0 saturated carbocycles. The molecule has 0 aliphatic rings. The molecule has 6 heteroatoms. The van der Waals surface area contributed by atoms with E-state index in [1.54, 1.807) is 18.2 Å². The number of hydrogen-bond acceptors (Lipinski definition) is 2. The first-order chi connectivity index (χ1) is 11.5. The summed E-state index contributed by atoms with van der Waals surface area (Å²) in [5, 5.41) is 0. The SMILES string of the molecule is O=S(=O)(Nc1ccc(I)cc1F)c1ccc(-c2ccccc2)cc1. The minimum absolute atomic E-state index is 0.0671. The Morgan fingerprint density at radius 2 is 1.46 bits per heavy atom. The first-order valence-corrected chi connectivity index (χ1v) is 9.65. The molecule has 3 rings (SSSR count). The van der Waals surface area contributed by atoms with Gasteiger partial charge in [0.05, 0.1) is 10.6 Å². The molecule has 24 heavy (non-hydrogen) atoms. The average molecular weight is 453 g/mol. The Kier molecular flexibility index (Phi) is 4.86. The fourth-order valence-corrected chi connectivity index (χ4v) is 3.75. The van der Waals surface area contributed by atoms with Gasteiger partial charge in [-0.25, -0.2) is 12.8 Å². The molecule has 0 atom stereocenters. The molecule has 0 aliphatic heterocycles. The molecule has 0 spiro atoms. The van der Waals surface area contributed by atoms with Crippen molar-refractivity contribution in [2.45, 2.75) is 4.90 Å². The molecular weight excluding hydrogens is 440 g/mol. The van der Waals surface area contributed by atoms with E-state index in [2.05, 4.69) is 4.72 Å². The minimum Gasteiger partial charge on any atom is -0.277 e. The van der Waals surface area contributed by atoms with Gasteiger partial charge in [-0.05, 0) is 64.0 Å². The van der Waals surface area contributed by atoms with Gasteiger partial charge in [0.1, 0.15) is 5.82 Å². The van der Waals surface area contributed by atoms with Gasteiger partial charge in [-0.1, -0.05) is 42.5 Å². The Morgan fingerprint density at radius 3 is 2.08 bits per heavy atom. The van der Waals surface area contributed by atoms with Gasteiger partial charge in [0.15, 0.2) is 0 Å². The van der Waals surface area contributed by atoms with Crippen LogP contribution in [0.15, 0.2) is 77.7 Å². The smallest absolute Gasteiger partial charge is 0.261 e. The van der Waals surface area contributed by atoms with Gasteiger partial charge in [-0.2, -0.15) is 0 Å². The van der Waals surface area contributed by atoms with Crippen LogP contribution >= 0.6 is 22.6 Å². The lowest BCUT2D eigenvalue weighted by Crippen LogP contribution is -2.14. The van der Waals surface area contributed by atoms with E-state index in [0.717, 1.165) is 11.1 Å². The number of halogens is 2. The number of anilines is 1. The van der Waals surface area contributed by atoms with E-state index < -0.39 is 15.8 Å². The van der Waals surface area contributed by atoms with E-state index in [0.29, 0.717) is 3.57 Å². The molecule has 3 aromatic rings. The number of sulfonamides is 1. The predicted octanol–water partition coefficient (Wildman–Crippen LogP) is 4.90. The molecule has 0 amide bonds. The predicted molar refractivity (Wildman–Crippen MR) is 102 cm³/mol. The summed E-state index contributed by atoms with van der Waals surface area (Å²) >= 11 is 1.96. The number of rotatable bonds is 4. The van der Waals surface area contributed by atoms with E-state index in [1.807, 2.05) is 52.9 Å². The van der Waals surface area contributed by atoms with E-state index in [-0.39, 0.29) is 10.6 Å². The highest BCUT2D eigenvalue weighted by Crippen LogP contribution is 2.24.